The first-order valence-electron chi connectivity index (χ1n) is 6.28. The molecule has 0 bridgehead atoms. The number of hydrogen-bond donors (Lipinski definition) is 0. The van der Waals surface area contributed by atoms with E-state index in [1.165, 1.54) is 37.8 Å². The maximum atomic E-state index is 6.08. The van der Waals surface area contributed by atoms with Crippen molar-refractivity contribution < 1.29 is 0 Å². The normalized spacial score (nSPS) is 17.7. The van der Waals surface area contributed by atoms with Crippen LogP contribution in [0.4, 0.5) is 0 Å². The van der Waals surface area contributed by atoms with Crippen LogP contribution in [0.15, 0.2) is 18.5 Å². The lowest BCUT2D eigenvalue weighted by Gasteiger charge is -2.20. The van der Waals surface area contributed by atoms with E-state index in [2.05, 4.69) is 10.1 Å². The molecular formula is C13H16ClN3. The summed E-state index contributed by atoms with van der Waals surface area (Å²) in [4.78, 5) is 4.38. The van der Waals surface area contributed by atoms with E-state index in [1.54, 1.807) is 6.20 Å². The molecule has 0 atom stereocenters. The van der Waals surface area contributed by atoms with E-state index in [1.807, 2.05) is 16.8 Å². The smallest absolute Gasteiger partial charge is 0.159 e. The van der Waals surface area contributed by atoms with Crippen molar-refractivity contribution >= 4 is 17.2 Å². The monoisotopic (exact) mass is 249 g/mol. The molecule has 1 aliphatic carbocycles. The maximum Gasteiger partial charge on any atom is 0.159 e. The predicted molar refractivity (Wildman–Crippen MR) is 68.4 cm³/mol. The van der Waals surface area contributed by atoms with Gasteiger partial charge in [-0.1, -0.05) is 19.3 Å². The van der Waals surface area contributed by atoms with Gasteiger partial charge in [-0.25, -0.2) is 9.50 Å². The number of hydrogen-bond acceptors (Lipinski definition) is 2. The second-order valence-electron chi connectivity index (χ2n) is 4.72. The summed E-state index contributed by atoms with van der Waals surface area (Å²) in [5.74, 6) is 1.09. The van der Waals surface area contributed by atoms with Gasteiger partial charge in [0.1, 0.15) is 0 Å². The zero-order valence-corrected chi connectivity index (χ0v) is 10.5. The Labute approximate surface area is 106 Å². The molecule has 0 amide bonds. The van der Waals surface area contributed by atoms with E-state index in [-0.39, 0.29) is 0 Å². The Kier molecular flexibility index (Phi) is 3.02. The van der Waals surface area contributed by atoms with Crippen molar-refractivity contribution in [1.29, 1.82) is 0 Å². The van der Waals surface area contributed by atoms with Crippen molar-refractivity contribution in [1.82, 2.24) is 14.6 Å². The molecule has 0 spiro atoms. The van der Waals surface area contributed by atoms with Crippen LogP contribution in [-0.2, 0) is 5.88 Å². The van der Waals surface area contributed by atoms with Crippen LogP contribution in [0.2, 0.25) is 0 Å². The topological polar surface area (TPSA) is 30.2 Å². The van der Waals surface area contributed by atoms with Crippen LogP contribution in [0.3, 0.4) is 0 Å². The Morgan fingerprint density at radius 2 is 2.12 bits per heavy atom. The molecule has 2 aromatic rings. The third-order valence-corrected chi connectivity index (χ3v) is 3.91. The Bertz CT molecular complexity index is 514. The van der Waals surface area contributed by atoms with Gasteiger partial charge in [0.25, 0.3) is 0 Å². The summed E-state index contributed by atoms with van der Waals surface area (Å²) in [7, 11) is 0. The van der Waals surface area contributed by atoms with Crippen molar-refractivity contribution in [3.8, 4) is 0 Å². The van der Waals surface area contributed by atoms with Gasteiger partial charge in [-0.3, -0.25) is 0 Å². The van der Waals surface area contributed by atoms with E-state index < -0.39 is 0 Å². The Hall–Kier alpha value is -1.09. The molecule has 2 heterocycles. The van der Waals surface area contributed by atoms with Crippen LogP contribution in [0.5, 0.6) is 0 Å². The fraction of sp³-hybridized carbons (Fsp3) is 0.538. The first-order chi connectivity index (χ1) is 8.40. The van der Waals surface area contributed by atoms with Crippen LogP contribution >= 0.6 is 11.6 Å². The van der Waals surface area contributed by atoms with Gasteiger partial charge < -0.3 is 0 Å². The largest absolute Gasteiger partial charge is 0.237 e. The number of aromatic nitrogens is 3. The molecule has 1 fully saturated rings. The fourth-order valence-corrected chi connectivity index (χ4v) is 3.04. The van der Waals surface area contributed by atoms with Crippen molar-refractivity contribution in [2.24, 2.45) is 0 Å². The Morgan fingerprint density at radius 1 is 1.29 bits per heavy atom. The summed E-state index contributed by atoms with van der Waals surface area (Å²) in [5, 5.41) is 4.68. The van der Waals surface area contributed by atoms with Crippen LogP contribution in [0, 0.1) is 0 Å². The lowest BCUT2D eigenvalue weighted by atomic mass is 9.86. The summed E-state index contributed by atoms with van der Waals surface area (Å²) < 4.78 is 1.86. The van der Waals surface area contributed by atoms with Gasteiger partial charge in [0.15, 0.2) is 5.65 Å². The van der Waals surface area contributed by atoms with Crippen LogP contribution in [0.1, 0.15) is 49.3 Å². The van der Waals surface area contributed by atoms with E-state index in [0.717, 1.165) is 11.2 Å². The molecule has 4 heteroatoms. The summed E-state index contributed by atoms with van der Waals surface area (Å²) >= 11 is 6.08. The number of alkyl halides is 1. The zero-order chi connectivity index (χ0) is 11.7. The molecule has 17 heavy (non-hydrogen) atoms. The summed E-state index contributed by atoms with van der Waals surface area (Å²) in [6.07, 6.45) is 10.2. The van der Waals surface area contributed by atoms with Crippen LogP contribution in [0.25, 0.3) is 5.65 Å². The summed E-state index contributed by atoms with van der Waals surface area (Å²) in [6, 6.07) is 1.91. The molecule has 0 aromatic carbocycles. The average molecular weight is 250 g/mol. The standard InChI is InChI=1S/C13H16ClN3/c14-9-11-12(10-5-2-1-3-6-10)16-17-8-4-7-15-13(11)17/h4,7-8,10H,1-3,5-6,9H2. The molecule has 0 saturated heterocycles. The summed E-state index contributed by atoms with van der Waals surface area (Å²) in [5.41, 5.74) is 3.22. The lowest BCUT2D eigenvalue weighted by molar-refractivity contribution is 0.434. The molecule has 1 aliphatic rings. The fourth-order valence-electron chi connectivity index (χ4n) is 2.78. The van der Waals surface area contributed by atoms with Crippen molar-refractivity contribution in [3.63, 3.8) is 0 Å². The molecule has 3 rings (SSSR count). The molecule has 3 nitrogen and oxygen atoms in total. The molecule has 90 valence electrons. The van der Waals surface area contributed by atoms with Crippen LogP contribution < -0.4 is 0 Å². The van der Waals surface area contributed by atoms with Gasteiger partial charge in [-0.05, 0) is 18.9 Å². The minimum atomic E-state index is 0.506. The minimum Gasteiger partial charge on any atom is -0.237 e. The van der Waals surface area contributed by atoms with Gasteiger partial charge in [-0.2, -0.15) is 5.10 Å². The highest BCUT2D eigenvalue weighted by atomic mass is 35.5. The third kappa shape index (κ3) is 1.93. The third-order valence-electron chi connectivity index (χ3n) is 3.65. The van der Waals surface area contributed by atoms with E-state index in [4.69, 9.17) is 11.6 Å². The van der Waals surface area contributed by atoms with E-state index in [0.29, 0.717) is 11.8 Å². The lowest BCUT2D eigenvalue weighted by Crippen LogP contribution is -2.07. The molecule has 0 N–H and O–H groups in total. The highest BCUT2D eigenvalue weighted by Crippen LogP contribution is 2.35. The van der Waals surface area contributed by atoms with Crippen molar-refractivity contribution in [2.45, 2.75) is 43.9 Å². The van der Waals surface area contributed by atoms with Gasteiger partial charge in [0.05, 0.1) is 11.6 Å². The Balaban J connectivity index is 2.08. The average Bonchev–Trinajstić information content (AvgIpc) is 2.78. The number of halogens is 1. The predicted octanol–water partition coefficient (Wildman–Crippen LogP) is 3.52. The van der Waals surface area contributed by atoms with Gasteiger partial charge in [0, 0.05) is 23.9 Å². The highest BCUT2D eigenvalue weighted by Gasteiger charge is 2.23. The highest BCUT2D eigenvalue weighted by molar-refractivity contribution is 6.17. The zero-order valence-electron chi connectivity index (χ0n) is 9.77. The SMILES string of the molecule is ClCc1c(C2CCCCC2)nn2cccnc12. The first kappa shape index (κ1) is 11.0. The summed E-state index contributed by atoms with van der Waals surface area (Å²) in [6.45, 7) is 0. The van der Waals surface area contributed by atoms with Crippen molar-refractivity contribution in [2.75, 3.05) is 0 Å². The maximum absolute atomic E-state index is 6.08. The quantitative estimate of drug-likeness (QED) is 0.763. The van der Waals surface area contributed by atoms with E-state index >= 15 is 0 Å². The van der Waals surface area contributed by atoms with E-state index in [9.17, 15) is 0 Å². The Morgan fingerprint density at radius 3 is 2.88 bits per heavy atom. The second kappa shape index (κ2) is 4.65. The minimum absolute atomic E-state index is 0.506. The molecule has 0 aliphatic heterocycles. The molecular weight excluding hydrogens is 234 g/mol. The molecule has 0 unspecified atom stereocenters. The second-order valence-corrected chi connectivity index (χ2v) is 4.99. The van der Waals surface area contributed by atoms with Gasteiger partial charge in [-0.15, -0.1) is 11.6 Å². The van der Waals surface area contributed by atoms with Gasteiger partial charge >= 0.3 is 0 Å². The number of nitrogens with zero attached hydrogens (tertiary/aromatic N) is 3. The van der Waals surface area contributed by atoms with Gasteiger partial charge in [0.2, 0.25) is 0 Å². The van der Waals surface area contributed by atoms with Crippen molar-refractivity contribution in [3.05, 3.63) is 29.7 Å². The molecule has 0 radical (unpaired) electrons. The number of fused-ring (bicyclic) bond motifs is 1. The molecule has 1 saturated carbocycles. The first-order valence-corrected chi connectivity index (χ1v) is 6.81. The number of rotatable bonds is 2. The molecule has 2 aromatic heterocycles. The van der Waals surface area contributed by atoms with Crippen LogP contribution in [-0.4, -0.2) is 14.6 Å².